The highest BCUT2D eigenvalue weighted by atomic mass is 35.5. The molecule has 0 aromatic carbocycles. The van der Waals surface area contributed by atoms with Crippen LogP contribution in [0, 0.1) is 12.8 Å². The zero-order chi connectivity index (χ0) is 13.1. The third-order valence-electron chi connectivity index (χ3n) is 3.18. The molecule has 1 aromatic rings. The third-order valence-corrected chi connectivity index (χ3v) is 3.45. The molecule has 5 nitrogen and oxygen atoms in total. The van der Waals surface area contributed by atoms with Crippen molar-refractivity contribution in [2.45, 2.75) is 19.8 Å². The maximum Gasteiger partial charge on any atom is 0.220 e. The second-order valence-corrected chi connectivity index (χ2v) is 4.97. The Labute approximate surface area is 112 Å². The number of aromatic nitrogens is 2. The van der Waals surface area contributed by atoms with Crippen molar-refractivity contribution in [1.82, 2.24) is 15.3 Å². The van der Waals surface area contributed by atoms with Crippen molar-refractivity contribution in [3.05, 3.63) is 17.0 Å². The zero-order valence-electron chi connectivity index (χ0n) is 10.6. The first-order valence-corrected chi connectivity index (χ1v) is 6.42. The highest BCUT2D eigenvalue weighted by Gasteiger charge is 2.26. The molecule has 1 saturated heterocycles. The standard InChI is InChI=1S/C12H17ClN4O/c1-8-15-6-10(13)12(16-8)17-4-3-9(7-17)5-11(18)14-2/h6,9H,3-5,7H2,1-2H3,(H,14,18). The van der Waals surface area contributed by atoms with Crippen LogP contribution in [0.25, 0.3) is 0 Å². The van der Waals surface area contributed by atoms with Gasteiger partial charge in [0.2, 0.25) is 5.91 Å². The summed E-state index contributed by atoms with van der Waals surface area (Å²) in [6, 6.07) is 0. The van der Waals surface area contributed by atoms with Gasteiger partial charge < -0.3 is 10.2 Å². The van der Waals surface area contributed by atoms with E-state index in [1.54, 1.807) is 13.2 Å². The molecule has 18 heavy (non-hydrogen) atoms. The second-order valence-electron chi connectivity index (χ2n) is 4.57. The van der Waals surface area contributed by atoms with Crippen LogP contribution in [0.15, 0.2) is 6.20 Å². The van der Waals surface area contributed by atoms with Crippen LogP contribution in [-0.2, 0) is 4.79 Å². The monoisotopic (exact) mass is 268 g/mol. The Bertz CT molecular complexity index is 452. The van der Waals surface area contributed by atoms with Crippen LogP contribution in [0.1, 0.15) is 18.7 Å². The fourth-order valence-corrected chi connectivity index (χ4v) is 2.43. The number of hydrogen-bond donors (Lipinski definition) is 1. The topological polar surface area (TPSA) is 58.1 Å². The lowest BCUT2D eigenvalue weighted by molar-refractivity contribution is -0.121. The predicted octanol–water partition coefficient (Wildman–Crippen LogP) is 1.40. The van der Waals surface area contributed by atoms with E-state index in [4.69, 9.17) is 11.6 Å². The van der Waals surface area contributed by atoms with Gasteiger partial charge in [-0.2, -0.15) is 0 Å². The number of nitrogens with zero attached hydrogens (tertiary/aromatic N) is 3. The fourth-order valence-electron chi connectivity index (χ4n) is 2.22. The summed E-state index contributed by atoms with van der Waals surface area (Å²) in [7, 11) is 1.67. The first kappa shape index (κ1) is 13.1. The molecule has 1 aliphatic heterocycles. The lowest BCUT2D eigenvalue weighted by Crippen LogP contribution is -2.25. The minimum atomic E-state index is 0.0896. The predicted molar refractivity (Wildman–Crippen MR) is 70.8 cm³/mol. The quantitative estimate of drug-likeness (QED) is 0.900. The van der Waals surface area contributed by atoms with Gasteiger partial charge in [0, 0.05) is 26.6 Å². The largest absolute Gasteiger partial charge is 0.359 e. The van der Waals surface area contributed by atoms with Gasteiger partial charge in [0.15, 0.2) is 5.82 Å². The number of anilines is 1. The summed E-state index contributed by atoms with van der Waals surface area (Å²) in [5, 5.41) is 3.23. The number of carbonyl (C=O) groups is 1. The fraction of sp³-hybridized carbons (Fsp3) is 0.583. The Morgan fingerprint density at radius 3 is 3.17 bits per heavy atom. The minimum absolute atomic E-state index is 0.0896. The average Bonchev–Trinajstić information content (AvgIpc) is 2.80. The molecule has 1 N–H and O–H groups in total. The van der Waals surface area contributed by atoms with Gasteiger partial charge in [-0.15, -0.1) is 0 Å². The highest BCUT2D eigenvalue weighted by Crippen LogP contribution is 2.29. The molecule has 1 aromatic heterocycles. The van der Waals surface area contributed by atoms with Crippen LogP contribution >= 0.6 is 11.6 Å². The molecular formula is C12H17ClN4O. The number of carbonyl (C=O) groups excluding carboxylic acids is 1. The van der Waals surface area contributed by atoms with Gasteiger partial charge in [-0.05, 0) is 19.3 Å². The molecule has 2 rings (SSSR count). The summed E-state index contributed by atoms with van der Waals surface area (Å²) in [6.45, 7) is 3.55. The molecule has 6 heteroatoms. The molecule has 98 valence electrons. The van der Waals surface area contributed by atoms with Crippen LogP contribution in [0.3, 0.4) is 0 Å². The van der Waals surface area contributed by atoms with Crippen LogP contribution < -0.4 is 10.2 Å². The molecule has 2 heterocycles. The minimum Gasteiger partial charge on any atom is -0.359 e. The van der Waals surface area contributed by atoms with E-state index in [0.717, 1.165) is 25.3 Å². The van der Waals surface area contributed by atoms with Gasteiger partial charge in [-0.3, -0.25) is 4.79 Å². The number of halogens is 1. The molecule has 0 saturated carbocycles. The van der Waals surface area contributed by atoms with Crippen molar-refractivity contribution in [2.24, 2.45) is 5.92 Å². The van der Waals surface area contributed by atoms with Crippen LogP contribution in [0.5, 0.6) is 0 Å². The van der Waals surface area contributed by atoms with E-state index in [1.165, 1.54) is 0 Å². The Morgan fingerprint density at radius 2 is 2.44 bits per heavy atom. The number of aryl methyl sites for hydroxylation is 1. The summed E-state index contributed by atoms with van der Waals surface area (Å²) in [5.74, 6) is 1.95. The van der Waals surface area contributed by atoms with E-state index >= 15 is 0 Å². The molecule has 1 unspecified atom stereocenters. The lowest BCUT2D eigenvalue weighted by Gasteiger charge is -2.18. The Morgan fingerprint density at radius 1 is 1.67 bits per heavy atom. The number of rotatable bonds is 3. The Kier molecular flexibility index (Phi) is 4.01. The summed E-state index contributed by atoms with van der Waals surface area (Å²) < 4.78 is 0. The summed E-state index contributed by atoms with van der Waals surface area (Å²) in [5.41, 5.74) is 0. The molecular weight excluding hydrogens is 252 g/mol. The van der Waals surface area contributed by atoms with Gasteiger partial charge in [0.1, 0.15) is 10.8 Å². The normalized spacial score (nSPS) is 19.1. The molecule has 1 amide bonds. The van der Waals surface area contributed by atoms with E-state index in [9.17, 15) is 4.79 Å². The van der Waals surface area contributed by atoms with Gasteiger partial charge in [0.25, 0.3) is 0 Å². The number of amides is 1. The summed E-state index contributed by atoms with van der Waals surface area (Å²) in [6.07, 6.45) is 3.19. The van der Waals surface area contributed by atoms with Gasteiger partial charge in [-0.25, -0.2) is 9.97 Å². The van der Waals surface area contributed by atoms with Crippen LogP contribution in [0.4, 0.5) is 5.82 Å². The van der Waals surface area contributed by atoms with Crippen LogP contribution in [-0.4, -0.2) is 36.0 Å². The van der Waals surface area contributed by atoms with Crippen molar-refractivity contribution < 1.29 is 4.79 Å². The third kappa shape index (κ3) is 2.90. The Hall–Kier alpha value is -1.36. The van der Waals surface area contributed by atoms with Crippen molar-refractivity contribution in [3.8, 4) is 0 Å². The highest BCUT2D eigenvalue weighted by molar-refractivity contribution is 6.32. The first-order valence-electron chi connectivity index (χ1n) is 6.05. The summed E-state index contributed by atoms with van der Waals surface area (Å²) >= 11 is 6.11. The van der Waals surface area contributed by atoms with Crippen molar-refractivity contribution in [3.63, 3.8) is 0 Å². The van der Waals surface area contributed by atoms with E-state index in [2.05, 4.69) is 20.2 Å². The Balaban J connectivity index is 2.04. The molecule has 0 bridgehead atoms. The maximum atomic E-state index is 11.4. The van der Waals surface area contributed by atoms with Gasteiger partial charge >= 0.3 is 0 Å². The molecule has 1 fully saturated rings. The van der Waals surface area contributed by atoms with E-state index < -0.39 is 0 Å². The van der Waals surface area contributed by atoms with Gasteiger partial charge in [0.05, 0.1) is 6.20 Å². The zero-order valence-corrected chi connectivity index (χ0v) is 11.4. The van der Waals surface area contributed by atoms with Crippen molar-refractivity contribution >= 4 is 23.3 Å². The van der Waals surface area contributed by atoms with Gasteiger partial charge in [-0.1, -0.05) is 11.6 Å². The SMILES string of the molecule is CNC(=O)CC1CCN(c2nc(C)ncc2Cl)C1. The van der Waals surface area contributed by atoms with E-state index in [0.29, 0.717) is 23.2 Å². The molecule has 0 radical (unpaired) electrons. The van der Waals surface area contributed by atoms with E-state index in [1.807, 2.05) is 6.92 Å². The van der Waals surface area contributed by atoms with Crippen molar-refractivity contribution in [1.29, 1.82) is 0 Å². The second kappa shape index (κ2) is 5.52. The first-order chi connectivity index (χ1) is 8.60. The molecule has 0 spiro atoms. The molecule has 1 atom stereocenters. The maximum absolute atomic E-state index is 11.4. The number of hydrogen-bond acceptors (Lipinski definition) is 4. The average molecular weight is 269 g/mol. The summed E-state index contributed by atoms with van der Waals surface area (Å²) in [4.78, 5) is 21.9. The van der Waals surface area contributed by atoms with Crippen LogP contribution in [0.2, 0.25) is 5.02 Å². The number of nitrogens with one attached hydrogen (secondary N) is 1. The van der Waals surface area contributed by atoms with E-state index in [-0.39, 0.29) is 5.91 Å². The lowest BCUT2D eigenvalue weighted by atomic mass is 10.1. The molecule has 1 aliphatic rings. The smallest absolute Gasteiger partial charge is 0.220 e. The molecule has 0 aliphatic carbocycles. The van der Waals surface area contributed by atoms with Crippen molar-refractivity contribution in [2.75, 3.05) is 25.0 Å².